The summed E-state index contributed by atoms with van der Waals surface area (Å²) >= 11 is 11.7. The van der Waals surface area contributed by atoms with Crippen molar-refractivity contribution in [1.82, 2.24) is 0 Å². The number of ether oxygens (including phenoxy) is 1. The van der Waals surface area contributed by atoms with Gasteiger partial charge in [0, 0.05) is 11.8 Å². The van der Waals surface area contributed by atoms with Gasteiger partial charge in [-0.05, 0) is 43.3 Å². The highest BCUT2D eigenvalue weighted by Crippen LogP contribution is 2.31. The minimum absolute atomic E-state index is 0.0623. The lowest BCUT2D eigenvalue weighted by Gasteiger charge is -2.14. The molecule has 0 unspecified atom stereocenters. The van der Waals surface area contributed by atoms with Crippen LogP contribution >= 0.6 is 23.2 Å². The molecule has 0 spiro atoms. The molecule has 0 aliphatic heterocycles. The first-order valence-electron chi connectivity index (χ1n) is 8.03. The van der Waals surface area contributed by atoms with Crippen LogP contribution in [0.5, 0.6) is 5.75 Å². The van der Waals surface area contributed by atoms with E-state index in [1.54, 1.807) is 24.3 Å². The highest BCUT2D eigenvalue weighted by molar-refractivity contribution is 7.92. The molecule has 2 rings (SSSR count). The van der Waals surface area contributed by atoms with Crippen molar-refractivity contribution in [2.45, 2.75) is 11.8 Å². The van der Waals surface area contributed by atoms with Crippen molar-refractivity contribution in [3.8, 4) is 5.75 Å². The molecule has 148 valence electrons. The lowest BCUT2D eigenvalue weighted by atomic mass is 10.2. The fraction of sp³-hybridized carbons (Fsp3) is 0.105. The molecule has 0 aromatic heterocycles. The number of methoxy groups -OCH3 is 1. The minimum Gasteiger partial charge on any atom is -0.495 e. The summed E-state index contributed by atoms with van der Waals surface area (Å²) in [5.74, 6) is -0.0763. The average molecular weight is 441 g/mol. The molecule has 0 heterocycles. The molecule has 0 aliphatic rings. The minimum atomic E-state index is -3.96. The molecular weight excluding hydrogens is 423 g/mol. The van der Waals surface area contributed by atoms with Gasteiger partial charge in [-0.25, -0.2) is 8.42 Å². The summed E-state index contributed by atoms with van der Waals surface area (Å²) in [6.45, 7) is 1.83. The van der Waals surface area contributed by atoms with E-state index in [2.05, 4.69) is 10.0 Å². The molecular formula is C19H18Cl2N2O4S. The van der Waals surface area contributed by atoms with E-state index >= 15 is 0 Å². The van der Waals surface area contributed by atoms with Crippen molar-refractivity contribution in [3.05, 3.63) is 70.7 Å². The zero-order valence-corrected chi connectivity index (χ0v) is 17.4. The predicted octanol–water partition coefficient (Wildman–Crippen LogP) is 4.87. The quantitative estimate of drug-likeness (QED) is 0.474. The Bertz CT molecular complexity index is 1030. The molecule has 6 nitrogen and oxygen atoms in total. The summed E-state index contributed by atoms with van der Waals surface area (Å²) in [5, 5.41) is 3.01. The van der Waals surface area contributed by atoms with Crippen molar-refractivity contribution in [2.24, 2.45) is 0 Å². The number of sulfonamides is 1. The van der Waals surface area contributed by atoms with E-state index in [4.69, 9.17) is 27.9 Å². The molecule has 0 saturated heterocycles. The zero-order chi connectivity index (χ0) is 20.7. The molecule has 28 heavy (non-hydrogen) atoms. The Kier molecular flexibility index (Phi) is 7.51. The van der Waals surface area contributed by atoms with Crippen LogP contribution in [-0.4, -0.2) is 21.4 Å². The molecule has 0 bridgehead atoms. The Balaban J connectivity index is 2.30. The summed E-state index contributed by atoms with van der Waals surface area (Å²) in [5.41, 5.74) is 0.548. The van der Waals surface area contributed by atoms with Gasteiger partial charge in [-0.2, -0.15) is 0 Å². The van der Waals surface area contributed by atoms with Crippen LogP contribution in [0.25, 0.3) is 0 Å². The smallest absolute Gasteiger partial charge is 0.262 e. The number of halogens is 2. The van der Waals surface area contributed by atoms with Gasteiger partial charge in [0.1, 0.15) is 5.75 Å². The van der Waals surface area contributed by atoms with Gasteiger partial charge >= 0.3 is 0 Å². The van der Waals surface area contributed by atoms with Crippen molar-refractivity contribution in [1.29, 1.82) is 0 Å². The molecule has 0 atom stereocenters. The van der Waals surface area contributed by atoms with E-state index in [1.807, 2.05) is 6.92 Å². The lowest BCUT2D eigenvalue weighted by Crippen LogP contribution is -2.14. The van der Waals surface area contributed by atoms with Crippen LogP contribution in [0.2, 0.25) is 10.0 Å². The number of benzene rings is 2. The second kappa shape index (κ2) is 9.64. The predicted molar refractivity (Wildman–Crippen MR) is 113 cm³/mol. The Morgan fingerprint density at radius 2 is 1.82 bits per heavy atom. The zero-order valence-electron chi connectivity index (χ0n) is 15.1. The summed E-state index contributed by atoms with van der Waals surface area (Å²) in [4.78, 5) is 11.8. The van der Waals surface area contributed by atoms with Crippen LogP contribution < -0.4 is 14.8 Å². The molecule has 2 aromatic rings. The van der Waals surface area contributed by atoms with E-state index in [0.717, 1.165) is 0 Å². The van der Waals surface area contributed by atoms with Gasteiger partial charge in [-0.1, -0.05) is 41.4 Å². The number of nitrogens with one attached hydrogen (secondary N) is 2. The topological polar surface area (TPSA) is 84.5 Å². The van der Waals surface area contributed by atoms with Gasteiger partial charge in [0.05, 0.1) is 27.7 Å². The molecule has 2 aromatic carbocycles. The third-order valence-electron chi connectivity index (χ3n) is 3.46. The Morgan fingerprint density at radius 3 is 2.46 bits per heavy atom. The van der Waals surface area contributed by atoms with Gasteiger partial charge in [0.2, 0.25) is 5.91 Å². The van der Waals surface area contributed by atoms with E-state index < -0.39 is 10.0 Å². The summed E-state index contributed by atoms with van der Waals surface area (Å²) in [6.07, 6.45) is 6.44. The number of anilines is 2. The normalized spacial score (nSPS) is 11.7. The van der Waals surface area contributed by atoms with Gasteiger partial charge in [0.15, 0.2) is 0 Å². The number of carbonyl (C=O) groups excluding carboxylic acids is 1. The fourth-order valence-corrected chi connectivity index (χ4v) is 3.60. The van der Waals surface area contributed by atoms with Gasteiger partial charge in [-0.3, -0.25) is 9.52 Å². The van der Waals surface area contributed by atoms with Crippen molar-refractivity contribution >= 4 is 50.5 Å². The maximum absolute atomic E-state index is 12.7. The first-order valence-corrected chi connectivity index (χ1v) is 10.3. The summed E-state index contributed by atoms with van der Waals surface area (Å²) in [7, 11) is -2.55. The molecule has 9 heteroatoms. The van der Waals surface area contributed by atoms with E-state index in [9.17, 15) is 13.2 Å². The molecule has 0 saturated carbocycles. The monoisotopic (exact) mass is 440 g/mol. The number of hydrogen-bond donors (Lipinski definition) is 2. The SMILES string of the molecule is C/C=C/C=C/C(=O)Nc1ccc(OC)c(NS(=O)(=O)c2ccc(Cl)c(Cl)c2)c1. The highest BCUT2D eigenvalue weighted by atomic mass is 35.5. The van der Waals surface area contributed by atoms with Crippen molar-refractivity contribution < 1.29 is 17.9 Å². The van der Waals surface area contributed by atoms with Crippen LogP contribution in [0.15, 0.2) is 65.6 Å². The second-order valence-corrected chi connectivity index (χ2v) is 7.97. The van der Waals surface area contributed by atoms with E-state index in [1.165, 1.54) is 43.5 Å². The van der Waals surface area contributed by atoms with Crippen LogP contribution in [0.3, 0.4) is 0 Å². The van der Waals surface area contributed by atoms with Crippen molar-refractivity contribution in [3.63, 3.8) is 0 Å². The number of amides is 1. The number of carbonyl (C=O) groups is 1. The number of hydrogen-bond acceptors (Lipinski definition) is 4. The highest BCUT2D eigenvalue weighted by Gasteiger charge is 2.18. The maximum atomic E-state index is 12.7. The molecule has 2 N–H and O–H groups in total. The van der Waals surface area contributed by atoms with Crippen molar-refractivity contribution in [2.75, 3.05) is 17.1 Å². The summed E-state index contributed by atoms with van der Waals surface area (Å²) < 4.78 is 33.0. The van der Waals surface area contributed by atoms with Gasteiger partial charge in [-0.15, -0.1) is 0 Å². The van der Waals surface area contributed by atoms with Crippen LogP contribution in [-0.2, 0) is 14.8 Å². The standard InChI is InChI=1S/C19H18Cl2N2O4S/c1-3-4-5-6-19(24)22-13-7-10-18(27-2)17(11-13)23-28(25,26)14-8-9-15(20)16(21)12-14/h3-12,23H,1-2H3,(H,22,24)/b4-3+,6-5+. The first-order chi connectivity index (χ1) is 13.3. The van der Waals surface area contributed by atoms with Crippen LogP contribution in [0.1, 0.15) is 6.92 Å². The molecule has 0 radical (unpaired) electrons. The van der Waals surface area contributed by atoms with Crippen LogP contribution in [0.4, 0.5) is 11.4 Å². The second-order valence-electron chi connectivity index (χ2n) is 5.47. The number of rotatable bonds is 7. The molecule has 0 fully saturated rings. The molecule has 1 amide bonds. The van der Waals surface area contributed by atoms with Crippen LogP contribution in [0, 0.1) is 0 Å². The fourth-order valence-electron chi connectivity index (χ4n) is 2.15. The Labute approximate surface area is 173 Å². The third kappa shape index (κ3) is 5.76. The molecule has 0 aliphatic carbocycles. The first kappa shape index (κ1) is 21.8. The largest absolute Gasteiger partial charge is 0.495 e. The summed E-state index contributed by atoms with van der Waals surface area (Å²) in [6, 6.07) is 8.56. The Hall–Kier alpha value is -2.48. The number of allylic oxidation sites excluding steroid dienone is 3. The Morgan fingerprint density at radius 1 is 1.07 bits per heavy atom. The average Bonchev–Trinajstić information content (AvgIpc) is 2.64. The lowest BCUT2D eigenvalue weighted by molar-refractivity contribution is -0.111. The third-order valence-corrected chi connectivity index (χ3v) is 5.57. The van der Waals surface area contributed by atoms with E-state index in [0.29, 0.717) is 5.69 Å². The van der Waals surface area contributed by atoms with Gasteiger partial charge < -0.3 is 10.1 Å². The van der Waals surface area contributed by atoms with Gasteiger partial charge in [0.25, 0.3) is 10.0 Å². The van der Waals surface area contributed by atoms with E-state index in [-0.39, 0.29) is 32.3 Å². The maximum Gasteiger partial charge on any atom is 0.262 e.